The molecule has 0 unspecified atom stereocenters. The fourth-order valence-corrected chi connectivity index (χ4v) is 3.35. The van der Waals surface area contributed by atoms with E-state index in [0.29, 0.717) is 0 Å². The van der Waals surface area contributed by atoms with Crippen LogP contribution in [0.15, 0.2) is 47.2 Å². The van der Waals surface area contributed by atoms with E-state index in [1.165, 1.54) is 4.88 Å². The van der Waals surface area contributed by atoms with Gasteiger partial charge in [-0.2, -0.15) is 0 Å². The first-order valence-electron chi connectivity index (χ1n) is 5.50. The number of aromatic nitrogens is 1. The van der Waals surface area contributed by atoms with E-state index in [0.717, 1.165) is 22.0 Å². The largest absolute Gasteiger partial charge is 0.497 e. The molecular formula is C14H11NOS2. The van der Waals surface area contributed by atoms with Crippen LogP contribution in [0.25, 0.3) is 21.1 Å². The molecule has 4 heteroatoms. The van der Waals surface area contributed by atoms with Gasteiger partial charge in [0.1, 0.15) is 10.8 Å². The number of hydrogen-bond acceptors (Lipinski definition) is 4. The Morgan fingerprint density at radius 1 is 1.11 bits per heavy atom. The molecule has 0 amide bonds. The van der Waals surface area contributed by atoms with Crippen molar-refractivity contribution < 1.29 is 4.74 Å². The molecule has 3 rings (SSSR count). The summed E-state index contributed by atoms with van der Waals surface area (Å²) in [6.07, 6.45) is 0. The van der Waals surface area contributed by atoms with Crippen LogP contribution in [0.5, 0.6) is 5.75 Å². The van der Waals surface area contributed by atoms with Crippen molar-refractivity contribution in [2.24, 2.45) is 0 Å². The highest BCUT2D eigenvalue weighted by molar-refractivity contribution is 7.20. The van der Waals surface area contributed by atoms with Crippen molar-refractivity contribution in [1.29, 1.82) is 0 Å². The highest BCUT2D eigenvalue weighted by Gasteiger charge is 2.07. The van der Waals surface area contributed by atoms with Crippen molar-refractivity contribution in [2.45, 2.75) is 0 Å². The van der Waals surface area contributed by atoms with Crippen molar-refractivity contribution in [1.82, 2.24) is 4.98 Å². The molecule has 3 aromatic rings. The molecule has 0 aliphatic heterocycles. The predicted molar refractivity (Wildman–Crippen MR) is 77.4 cm³/mol. The summed E-state index contributed by atoms with van der Waals surface area (Å²) in [7, 11) is 1.68. The lowest BCUT2D eigenvalue weighted by Gasteiger charge is -2.01. The monoisotopic (exact) mass is 273 g/mol. The second-order valence-electron chi connectivity index (χ2n) is 3.75. The molecule has 0 fully saturated rings. The molecule has 0 saturated heterocycles. The van der Waals surface area contributed by atoms with Gasteiger partial charge in [-0.1, -0.05) is 18.2 Å². The van der Waals surface area contributed by atoms with E-state index >= 15 is 0 Å². The molecule has 1 aromatic carbocycles. The van der Waals surface area contributed by atoms with Crippen LogP contribution < -0.4 is 4.74 Å². The van der Waals surface area contributed by atoms with Gasteiger partial charge < -0.3 is 4.74 Å². The van der Waals surface area contributed by atoms with E-state index in [2.05, 4.69) is 27.9 Å². The van der Waals surface area contributed by atoms with E-state index in [1.54, 1.807) is 29.8 Å². The lowest BCUT2D eigenvalue weighted by molar-refractivity contribution is 0.415. The number of nitrogens with zero attached hydrogens (tertiary/aromatic N) is 1. The number of hydrogen-bond donors (Lipinski definition) is 0. The third-order valence-corrected chi connectivity index (χ3v) is 4.48. The minimum atomic E-state index is 0.859. The van der Waals surface area contributed by atoms with Gasteiger partial charge in [-0.25, -0.2) is 4.98 Å². The zero-order valence-corrected chi connectivity index (χ0v) is 11.4. The predicted octanol–water partition coefficient (Wildman–Crippen LogP) is 4.55. The summed E-state index contributed by atoms with van der Waals surface area (Å²) in [6, 6.07) is 12.1. The zero-order valence-electron chi connectivity index (χ0n) is 9.79. The quantitative estimate of drug-likeness (QED) is 0.698. The number of ether oxygens (including phenoxy) is 1. The summed E-state index contributed by atoms with van der Waals surface area (Å²) in [5.74, 6) is 0.859. The maximum atomic E-state index is 5.23. The second-order valence-corrected chi connectivity index (χ2v) is 5.55. The number of benzene rings is 1. The summed E-state index contributed by atoms with van der Waals surface area (Å²) in [5.41, 5.74) is 2.09. The summed E-state index contributed by atoms with van der Waals surface area (Å²) in [4.78, 5) is 5.89. The molecule has 2 heterocycles. The number of thiophene rings is 1. The standard InChI is InChI=1S/C14H11NOS2/c1-16-11-5-2-4-10(8-11)12-9-18-14(15-12)13-6-3-7-17-13/h2-9H,1H3. The average molecular weight is 273 g/mol. The number of thiazole rings is 1. The van der Waals surface area contributed by atoms with Gasteiger partial charge in [0.25, 0.3) is 0 Å². The van der Waals surface area contributed by atoms with Crippen LogP contribution in [0, 0.1) is 0 Å². The molecule has 0 bridgehead atoms. The van der Waals surface area contributed by atoms with Gasteiger partial charge in [-0.15, -0.1) is 22.7 Å². The molecule has 2 nitrogen and oxygen atoms in total. The first kappa shape index (κ1) is 11.4. The Labute approximate surface area is 114 Å². The van der Waals surface area contributed by atoms with Gasteiger partial charge in [0.15, 0.2) is 0 Å². The van der Waals surface area contributed by atoms with Crippen LogP contribution in [-0.4, -0.2) is 12.1 Å². The van der Waals surface area contributed by atoms with Gasteiger partial charge >= 0.3 is 0 Å². The number of methoxy groups -OCH3 is 1. The van der Waals surface area contributed by atoms with Gasteiger partial charge in [-0.3, -0.25) is 0 Å². The smallest absolute Gasteiger partial charge is 0.134 e. The van der Waals surface area contributed by atoms with Gasteiger partial charge in [0.2, 0.25) is 0 Å². The highest BCUT2D eigenvalue weighted by atomic mass is 32.1. The minimum Gasteiger partial charge on any atom is -0.497 e. The fourth-order valence-electron chi connectivity index (χ4n) is 1.70. The van der Waals surface area contributed by atoms with Crippen molar-refractivity contribution in [3.8, 4) is 26.9 Å². The third kappa shape index (κ3) is 2.17. The molecule has 0 aliphatic carbocycles. The molecule has 90 valence electrons. The molecule has 0 spiro atoms. The van der Waals surface area contributed by atoms with Gasteiger partial charge in [0, 0.05) is 10.9 Å². The van der Waals surface area contributed by atoms with Crippen LogP contribution in [0.1, 0.15) is 0 Å². The summed E-state index contributed by atoms with van der Waals surface area (Å²) < 4.78 is 5.23. The number of rotatable bonds is 3. The Balaban J connectivity index is 1.97. The molecule has 0 aliphatic rings. The minimum absolute atomic E-state index is 0.859. The average Bonchev–Trinajstić information content (AvgIpc) is 3.09. The summed E-state index contributed by atoms with van der Waals surface area (Å²) in [5, 5.41) is 5.23. The lowest BCUT2D eigenvalue weighted by atomic mass is 10.2. The van der Waals surface area contributed by atoms with E-state index in [-0.39, 0.29) is 0 Å². The molecular weight excluding hydrogens is 262 g/mol. The van der Waals surface area contributed by atoms with E-state index in [9.17, 15) is 0 Å². The van der Waals surface area contributed by atoms with E-state index in [4.69, 9.17) is 4.74 Å². The van der Waals surface area contributed by atoms with Gasteiger partial charge in [0.05, 0.1) is 17.7 Å². The maximum Gasteiger partial charge on any atom is 0.134 e. The Kier molecular flexibility index (Phi) is 3.13. The topological polar surface area (TPSA) is 22.1 Å². The molecule has 18 heavy (non-hydrogen) atoms. The first-order valence-corrected chi connectivity index (χ1v) is 7.26. The zero-order chi connectivity index (χ0) is 12.4. The Morgan fingerprint density at radius 2 is 2.06 bits per heavy atom. The van der Waals surface area contributed by atoms with Crippen molar-refractivity contribution in [3.05, 3.63) is 47.2 Å². The lowest BCUT2D eigenvalue weighted by Crippen LogP contribution is -1.83. The Bertz CT molecular complexity index is 643. The molecule has 0 N–H and O–H groups in total. The van der Waals surface area contributed by atoms with Crippen LogP contribution in [0.2, 0.25) is 0 Å². The molecule has 0 saturated carbocycles. The van der Waals surface area contributed by atoms with Crippen LogP contribution in [0.3, 0.4) is 0 Å². The first-order chi connectivity index (χ1) is 8.86. The maximum absolute atomic E-state index is 5.23. The Hall–Kier alpha value is -1.65. The van der Waals surface area contributed by atoms with Crippen molar-refractivity contribution in [2.75, 3.05) is 7.11 Å². The Morgan fingerprint density at radius 3 is 2.83 bits per heavy atom. The molecule has 2 aromatic heterocycles. The highest BCUT2D eigenvalue weighted by Crippen LogP contribution is 2.32. The molecule has 0 atom stereocenters. The molecule has 0 radical (unpaired) electrons. The fraction of sp³-hybridized carbons (Fsp3) is 0.0714. The van der Waals surface area contributed by atoms with Crippen molar-refractivity contribution in [3.63, 3.8) is 0 Å². The normalized spacial score (nSPS) is 10.5. The van der Waals surface area contributed by atoms with Crippen LogP contribution >= 0.6 is 22.7 Å². The summed E-state index contributed by atoms with van der Waals surface area (Å²) in [6.45, 7) is 0. The summed E-state index contributed by atoms with van der Waals surface area (Å²) >= 11 is 3.39. The van der Waals surface area contributed by atoms with Crippen LogP contribution in [-0.2, 0) is 0 Å². The second kappa shape index (κ2) is 4.92. The van der Waals surface area contributed by atoms with E-state index < -0.39 is 0 Å². The van der Waals surface area contributed by atoms with Crippen molar-refractivity contribution >= 4 is 22.7 Å². The third-order valence-electron chi connectivity index (χ3n) is 2.60. The van der Waals surface area contributed by atoms with E-state index in [1.807, 2.05) is 24.3 Å². The SMILES string of the molecule is COc1cccc(-c2csc(-c3cccs3)n2)c1. The van der Waals surface area contributed by atoms with Crippen LogP contribution in [0.4, 0.5) is 0 Å². The van der Waals surface area contributed by atoms with Gasteiger partial charge in [-0.05, 0) is 23.6 Å².